The maximum atomic E-state index is 11.6. The van der Waals surface area contributed by atoms with E-state index in [4.69, 9.17) is 4.74 Å². The summed E-state index contributed by atoms with van der Waals surface area (Å²) in [5.41, 5.74) is 0.685. The number of aromatic nitrogens is 1. The summed E-state index contributed by atoms with van der Waals surface area (Å²) in [5, 5.41) is 8.52. The molecule has 6 nitrogen and oxygen atoms in total. The number of carbonyl (C=O) groups excluding carboxylic acids is 2. The molecule has 118 valence electrons. The first kappa shape index (κ1) is 17.4. The lowest BCUT2D eigenvalue weighted by atomic mass is 10.2. The molecule has 0 aliphatic heterocycles. The van der Waals surface area contributed by atoms with Crippen LogP contribution in [0.5, 0.6) is 0 Å². The average molecular weight is 313 g/mol. The van der Waals surface area contributed by atoms with Crippen LogP contribution >= 0.6 is 11.3 Å². The van der Waals surface area contributed by atoms with Crippen LogP contribution in [0.25, 0.3) is 0 Å². The molecule has 1 aromatic rings. The van der Waals surface area contributed by atoms with Crippen molar-refractivity contribution < 1.29 is 14.3 Å². The number of thiazole rings is 1. The van der Waals surface area contributed by atoms with Gasteiger partial charge < -0.3 is 15.4 Å². The first-order valence-corrected chi connectivity index (χ1v) is 8.06. The minimum atomic E-state index is -0.276. The highest BCUT2D eigenvalue weighted by Gasteiger charge is 2.09. The molecular formula is C14H23N3O3S. The van der Waals surface area contributed by atoms with Crippen molar-refractivity contribution in [1.29, 1.82) is 0 Å². The minimum Gasteiger partial charge on any atom is -0.466 e. The van der Waals surface area contributed by atoms with Crippen LogP contribution in [-0.2, 0) is 20.7 Å². The van der Waals surface area contributed by atoms with Crippen LogP contribution in [0.4, 0.5) is 5.13 Å². The van der Waals surface area contributed by atoms with E-state index in [-0.39, 0.29) is 24.3 Å². The van der Waals surface area contributed by atoms with Crippen molar-refractivity contribution in [3.8, 4) is 0 Å². The van der Waals surface area contributed by atoms with Gasteiger partial charge in [0.05, 0.1) is 18.7 Å². The molecule has 7 heteroatoms. The van der Waals surface area contributed by atoms with E-state index in [0.717, 1.165) is 6.42 Å². The van der Waals surface area contributed by atoms with Gasteiger partial charge in [-0.05, 0) is 20.3 Å². The number of anilines is 1. The summed E-state index contributed by atoms with van der Waals surface area (Å²) in [4.78, 5) is 27.2. The van der Waals surface area contributed by atoms with Crippen molar-refractivity contribution >= 4 is 28.3 Å². The molecule has 0 saturated heterocycles. The van der Waals surface area contributed by atoms with E-state index >= 15 is 0 Å². The number of hydrogen-bond acceptors (Lipinski definition) is 6. The zero-order valence-electron chi connectivity index (χ0n) is 12.8. The molecule has 0 spiro atoms. The summed E-state index contributed by atoms with van der Waals surface area (Å²) >= 11 is 1.42. The third kappa shape index (κ3) is 7.08. The first-order valence-electron chi connectivity index (χ1n) is 7.18. The molecular weight excluding hydrogens is 290 g/mol. The van der Waals surface area contributed by atoms with Crippen molar-refractivity contribution in [2.75, 3.05) is 18.5 Å². The lowest BCUT2D eigenvalue weighted by Gasteiger charge is -2.11. The van der Waals surface area contributed by atoms with Crippen LogP contribution in [0.15, 0.2) is 5.38 Å². The van der Waals surface area contributed by atoms with E-state index in [9.17, 15) is 9.59 Å². The van der Waals surface area contributed by atoms with Crippen LogP contribution in [0, 0.1) is 0 Å². The van der Waals surface area contributed by atoms with Crippen LogP contribution in [-0.4, -0.2) is 36.1 Å². The molecule has 1 amide bonds. The van der Waals surface area contributed by atoms with Crippen molar-refractivity contribution in [1.82, 2.24) is 10.3 Å². The number of carbonyl (C=O) groups is 2. The number of nitrogens with one attached hydrogen (secondary N) is 2. The van der Waals surface area contributed by atoms with Crippen LogP contribution in [0.2, 0.25) is 0 Å². The van der Waals surface area contributed by atoms with Crippen molar-refractivity contribution in [3.05, 3.63) is 11.1 Å². The molecule has 1 atom stereocenters. The molecule has 0 radical (unpaired) electrons. The number of esters is 1. The Morgan fingerprint density at radius 2 is 2.19 bits per heavy atom. The number of nitrogens with zero attached hydrogens (tertiary/aromatic N) is 1. The third-order valence-corrected chi connectivity index (χ3v) is 3.68. The summed E-state index contributed by atoms with van der Waals surface area (Å²) < 4.78 is 4.87. The summed E-state index contributed by atoms with van der Waals surface area (Å²) in [6.07, 6.45) is 1.50. The van der Waals surface area contributed by atoms with Gasteiger partial charge in [-0.2, -0.15) is 0 Å². The standard InChI is InChI=1S/C14H23N3O3S/c1-4-10(3)16-12(18)6-7-15-14-17-11(9-21-14)8-13(19)20-5-2/h9-10H,4-8H2,1-3H3,(H,15,17)(H,16,18). The average Bonchev–Trinajstić information content (AvgIpc) is 2.86. The fraction of sp³-hybridized carbons (Fsp3) is 0.643. The van der Waals surface area contributed by atoms with Crippen molar-refractivity contribution in [2.24, 2.45) is 0 Å². The van der Waals surface area contributed by atoms with Gasteiger partial charge in [0, 0.05) is 24.4 Å². The van der Waals surface area contributed by atoms with Gasteiger partial charge in [0.1, 0.15) is 0 Å². The summed E-state index contributed by atoms with van der Waals surface area (Å²) in [7, 11) is 0. The Bertz CT molecular complexity index is 462. The van der Waals surface area contributed by atoms with Gasteiger partial charge in [-0.3, -0.25) is 9.59 Å². The number of rotatable bonds is 9. The fourth-order valence-electron chi connectivity index (χ4n) is 1.56. The Morgan fingerprint density at radius 3 is 2.86 bits per heavy atom. The summed E-state index contributed by atoms with van der Waals surface area (Å²) in [6, 6.07) is 0.202. The molecule has 21 heavy (non-hydrogen) atoms. The molecule has 0 saturated carbocycles. The van der Waals surface area contributed by atoms with Crippen LogP contribution < -0.4 is 10.6 Å². The molecule has 1 rings (SSSR count). The number of amides is 1. The van der Waals surface area contributed by atoms with E-state index in [1.165, 1.54) is 11.3 Å². The molecule has 1 heterocycles. The van der Waals surface area contributed by atoms with Gasteiger partial charge in [0.15, 0.2) is 5.13 Å². The number of hydrogen-bond donors (Lipinski definition) is 2. The van der Waals surface area contributed by atoms with Gasteiger partial charge in [-0.15, -0.1) is 11.3 Å². The van der Waals surface area contributed by atoms with Crippen LogP contribution in [0.1, 0.15) is 39.3 Å². The van der Waals surface area contributed by atoms with Gasteiger partial charge in [0.25, 0.3) is 0 Å². The monoisotopic (exact) mass is 313 g/mol. The van der Waals surface area contributed by atoms with E-state index < -0.39 is 0 Å². The Hall–Kier alpha value is -1.63. The lowest BCUT2D eigenvalue weighted by molar-refractivity contribution is -0.142. The maximum absolute atomic E-state index is 11.6. The van der Waals surface area contributed by atoms with Gasteiger partial charge >= 0.3 is 5.97 Å². The summed E-state index contributed by atoms with van der Waals surface area (Å²) in [5.74, 6) is -0.248. The molecule has 0 fully saturated rings. The topological polar surface area (TPSA) is 80.3 Å². The molecule has 0 bridgehead atoms. The molecule has 0 aliphatic rings. The van der Waals surface area contributed by atoms with Crippen LogP contribution in [0.3, 0.4) is 0 Å². The fourth-order valence-corrected chi connectivity index (χ4v) is 2.30. The Morgan fingerprint density at radius 1 is 1.43 bits per heavy atom. The minimum absolute atomic E-state index is 0.0279. The Balaban J connectivity index is 2.28. The SMILES string of the molecule is CCOC(=O)Cc1csc(NCCC(=O)NC(C)CC)n1. The molecule has 2 N–H and O–H groups in total. The van der Waals surface area contributed by atoms with E-state index in [2.05, 4.69) is 15.6 Å². The third-order valence-electron chi connectivity index (χ3n) is 2.83. The van der Waals surface area contributed by atoms with E-state index in [1.54, 1.807) is 6.92 Å². The highest BCUT2D eigenvalue weighted by atomic mass is 32.1. The van der Waals surface area contributed by atoms with Gasteiger partial charge in [0.2, 0.25) is 5.91 Å². The van der Waals surface area contributed by atoms with Crippen molar-refractivity contribution in [3.63, 3.8) is 0 Å². The Kier molecular flexibility index (Phi) is 7.74. The van der Waals surface area contributed by atoms with E-state index in [1.807, 2.05) is 19.2 Å². The molecule has 0 aromatic carbocycles. The highest BCUT2D eigenvalue weighted by Crippen LogP contribution is 2.15. The Labute approximate surface area is 129 Å². The zero-order valence-corrected chi connectivity index (χ0v) is 13.6. The summed E-state index contributed by atoms with van der Waals surface area (Å²) in [6.45, 7) is 6.68. The normalized spacial score (nSPS) is 11.8. The smallest absolute Gasteiger partial charge is 0.311 e. The largest absolute Gasteiger partial charge is 0.466 e. The second-order valence-electron chi connectivity index (χ2n) is 4.68. The number of ether oxygens (including phenoxy) is 1. The van der Waals surface area contributed by atoms with E-state index in [0.29, 0.717) is 30.4 Å². The van der Waals surface area contributed by atoms with Crippen molar-refractivity contribution in [2.45, 2.75) is 46.1 Å². The quantitative estimate of drug-likeness (QED) is 0.681. The first-order chi connectivity index (χ1) is 10.0. The molecule has 0 aliphatic carbocycles. The predicted molar refractivity (Wildman–Crippen MR) is 83.5 cm³/mol. The second kappa shape index (κ2) is 9.33. The lowest BCUT2D eigenvalue weighted by Crippen LogP contribution is -2.32. The molecule has 1 unspecified atom stereocenters. The predicted octanol–water partition coefficient (Wildman–Crippen LogP) is 1.97. The molecule has 1 aromatic heterocycles. The maximum Gasteiger partial charge on any atom is 0.311 e. The highest BCUT2D eigenvalue weighted by molar-refractivity contribution is 7.13. The zero-order chi connectivity index (χ0) is 15.7. The van der Waals surface area contributed by atoms with Gasteiger partial charge in [-0.1, -0.05) is 6.92 Å². The second-order valence-corrected chi connectivity index (χ2v) is 5.54. The van der Waals surface area contributed by atoms with Gasteiger partial charge in [-0.25, -0.2) is 4.98 Å².